The van der Waals surface area contributed by atoms with Gasteiger partial charge in [-0.25, -0.2) is 0 Å². The first-order chi connectivity index (χ1) is 13.9. The molecule has 0 aliphatic carbocycles. The molecule has 0 saturated carbocycles. The molecule has 6 heteroatoms. The van der Waals surface area contributed by atoms with Crippen molar-refractivity contribution in [3.8, 4) is 5.75 Å². The number of carbonyl (C=O) groups is 2. The minimum absolute atomic E-state index is 0.0240. The molecule has 0 spiro atoms. The largest absolute Gasteiger partial charge is 0.508 e. The molecule has 152 valence electrons. The van der Waals surface area contributed by atoms with E-state index in [-0.39, 0.29) is 23.2 Å². The number of hydrogen-bond acceptors (Lipinski definition) is 5. The maximum absolute atomic E-state index is 12.8. The number of aliphatic hydroxyl groups is 1. The van der Waals surface area contributed by atoms with Crippen LogP contribution >= 0.6 is 0 Å². The maximum atomic E-state index is 12.8. The molecule has 1 atom stereocenters. The number of nitrogens with zero attached hydrogens (tertiary/aromatic N) is 1. The summed E-state index contributed by atoms with van der Waals surface area (Å²) in [5.74, 6) is -1.60. The monoisotopic (exact) mass is 395 g/mol. The number of phenols is 1. The third kappa shape index (κ3) is 4.49. The molecule has 2 aromatic carbocycles. The van der Waals surface area contributed by atoms with E-state index < -0.39 is 17.7 Å². The molecule has 1 saturated heterocycles. The van der Waals surface area contributed by atoms with Crippen LogP contribution < -0.4 is 0 Å². The summed E-state index contributed by atoms with van der Waals surface area (Å²) >= 11 is 0. The Hall–Kier alpha value is -3.12. The van der Waals surface area contributed by atoms with E-state index in [1.165, 1.54) is 17.0 Å². The highest BCUT2D eigenvalue weighted by molar-refractivity contribution is 6.46. The van der Waals surface area contributed by atoms with Gasteiger partial charge in [-0.2, -0.15) is 0 Å². The zero-order valence-corrected chi connectivity index (χ0v) is 16.5. The summed E-state index contributed by atoms with van der Waals surface area (Å²) in [7, 11) is 0. The van der Waals surface area contributed by atoms with Gasteiger partial charge in [-0.05, 0) is 38.0 Å². The first-order valence-corrected chi connectivity index (χ1v) is 9.64. The van der Waals surface area contributed by atoms with Crippen molar-refractivity contribution in [1.82, 2.24) is 4.90 Å². The van der Waals surface area contributed by atoms with Crippen molar-refractivity contribution in [1.29, 1.82) is 0 Å². The topological polar surface area (TPSA) is 87.1 Å². The molecule has 3 rings (SSSR count). The summed E-state index contributed by atoms with van der Waals surface area (Å²) in [6.45, 7) is 4.60. The van der Waals surface area contributed by atoms with E-state index in [9.17, 15) is 19.8 Å². The van der Waals surface area contributed by atoms with Gasteiger partial charge in [-0.15, -0.1) is 0 Å². The van der Waals surface area contributed by atoms with Crippen LogP contribution in [0.4, 0.5) is 0 Å². The smallest absolute Gasteiger partial charge is 0.295 e. The average molecular weight is 395 g/mol. The summed E-state index contributed by atoms with van der Waals surface area (Å²) in [5.41, 5.74) is 1.04. The first-order valence-electron chi connectivity index (χ1n) is 9.64. The van der Waals surface area contributed by atoms with Crippen LogP contribution in [0.2, 0.25) is 0 Å². The van der Waals surface area contributed by atoms with Crippen LogP contribution in [0, 0.1) is 0 Å². The zero-order valence-electron chi connectivity index (χ0n) is 16.5. The Morgan fingerprint density at radius 2 is 1.83 bits per heavy atom. The molecular weight excluding hydrogens is 370 g/mol. The molecule has 1 aliphatic heterocycles. The summed E-state index contributed by atoms with van der Waals surface area (Å²) in [4.78, 5) is 27.1. The minimum Gasteiger partial charge on any atom is -0.508 e. The van der Waals surface area contributed by atoms with Crippen LogP contribution in [0.3, 0.4) is 0 Å². The second-order valence-electron chi connectivity index (χ2n) is 7.23. The van der Waals surface area contributed by atoms with Crippen LogP contribution in [0.25, 0.3) is 5.76 Å². The van der Waals surface area contributed by atoms with Crippen molar-refractivity contribution < 1.29 is 24.5 Å². The molecule has 2 aromatic rings. The lowest BCUT2D eigenvalue weighted by atomic mass is 9.95. The summed E-state index contributed by atoms with van der Waals surface area (Å²) in [6.07, 6.45) is 0.622. The third-order valence-corrected chi connectivity index (χ3v) is 4.77. The van der Waals surface area contributed by atoms with E-state index in [1.807, 2.05) is 13.8 Å². The summed E-state index contributed by atoms with van der Waals surface area (Å²) in [6, 6.07) is 14.3. The lowest BCUT2D eigenvalue weighted by Crippen LogP contribution is -2.31. The number of ketones is 1. The predicted octanol–water partition coefficient (Wildman–Crippen LogP) is 3.63. The molecule has 1 fully saturated rings. The van der Waals surface area contributed by atoms with E-state index >= 15 is 0 Å². The fourth-order valence-corrected chi connectivity index (χ4v) is 3.46. The van der Waals surface area contributed by atoms with Gasteiger partial charge in [0.05, 0.1) is 17.7 Å². The van der Waals surface area contributed by atoms with Crippen molar-refractivity contribution in [3.05, 3.63) is 71.3 Å². The van der Waals surface area contributed by atoms with Gasteiger partial charge in [0.25, 0.3) is 11.7 Å². The Morgan fingerprint density at radius 1 is 1.10 bits per heavy atom. The number of ether oxygens (including phenoxy) is 1. The fourth-order valence-electron chi connectivity index (χ4n) is 3.46. The molecular formula is C23H25NO5. The van der Waals surface area contributed by atoms with Gasteiger partial charge in [0, 0.05) is 18.7 Å². The van der Waals surface area contributed by atoms with Gasteiger partial charge in [-0.3, -0.25) is 9.59 Å². The van der Waals surface area contributed by atoms with E-state index in [2.05, 4.69) is 0 Å². The van der Waals surface area contributed by atoms with Crippen LogP contribution in [0.15, 0.2) is 60.2 Å². The highest BCUT2D eigenvalue weighted by Gasteiger charge is 2.45. The number of aliphatic hydroxyl groups excluding tert-OH is 1. The molecule has 0 radical (unpaired) electrons. The normalized spacial score (nSPS) is 18.6. The van der Waals surface area contributed by atoms with Gasteiger partial charge in [0.2, 0.25) is 0 Å². The van der Waals surface area contributed by atoms with Gasteiger partial charge in [0.1, 0.15) is 11.5 Å². The molecule has 29 heavy (non-hydrogen) atoms. The van der Waals surface area contributed by atoms with Gasteiger partial charge >= 0.3 is 0 Å². The highest BCUT2D eigenvalue weighted by Crippen LogP contribution is 2.40. The van der Waals surface area contributed by atoms with E-state index in [1.54, 1.807) is 42.5 Å². The van der Waals surface area contributed by atoms with Crippen molar-refractivity contribution in [3.63, 3.8) is 0 Å². The van der Waals surface area contributed by atoms with Crippen molar-refractivity contribution >= 4 is 17.4 Å². The maximum Gasteiger partial charge on any atom is 0.295 e. The number of rotatable bonds is 7. The number of phenolic OH excluding ortho intramolecular Hbond substituents is 1. The zero-order chi connectivity index (χ0) is 21.0. The lowest BCUT2D eigenvalue weighted by Gasteiger charge is -2.25. The second kappa shape index (κ2) is 8.92. The second-order valence-corrected chi connectivity index (χ2v) is 7.23. The molecule has 6 nitrogen and oxygen atoms in total. The van der Waals surface area contributed by atoms with Crippen LogP contribution in [0.5, 0.6) is 5.75 Å². The predicted molar refractivity (Wildman–Crippen MR) is 109 cm³/mol. The summed E-state index contributed by atoms with van der Waals surface area (Å²) < 4.78 is 5.54. The van der Waals surface area contributed by atoms with Crippen molar-refractivity contribution in [2.45, 2.75) is 32.4 Å². The summed E-state index contributed by atoms with van der Waals surface area (Å²) in [5, 5.41) is 20.8. The molecule has 0 bridgehead atoms. The van der Waals surface area contributed by atoms with Gasteiger partial charge in [0.15, 0.2) is 0 Å². The van der Waals surface area contributed by atoms with E-state index in [0.717, 1.165) is 0 Å². The minimum atomic E-state index is -0.777. The van der Waals surface area contributed by atoms with E-state index in [0.29, 0.717) is 30.7 Å². The Morgan fingerprint density at radius 3 is 2.48 bits per heavy atom. The van der Waals surface area contributed by atoms with Crippen molar-refractivity contribution in [2.75, 3.05) is 13.2 Å². The lowest BCUT2D eigenvalue weighted by molar-refractivity contribution is -0.140. The number of benzene rings is 2. The quantitative estimate of drug-likeness (QED) is 0.324. The number of hydrogen-bond donors (Lipinski definition) is 2. The molecule has 1 aliphatic rings. The Labute approximate surface area is 170 Å². The molecule has 1 heterocycles. The Kier molecular flexibility index (Phi) is 6.34. The molecule has 0 aromatic heterocycles. The van der Waals surface area contributed by atoms with Crippen LogP contribution in [-0.2, 0) is 14.3 Å². The van der Waals surface area contributed by atoms with Gasteiger partial charge in [-0.1, -0.05) is 42.5 Å². The molecule has 1 amide bonds. The van der Waals surface area contributed by atoms with Crippen molar-refractivity contribution in [2.24, 2.45) is 0 Å². The first kappa shape index (κ1) is 20.6. The number of aromatic hydroxyl groups is 1. The highest BCUT2D eigenvalue weighted by atomic mass is 16.5. The fraction of sp³-hybridized carbons (Fsp3) is 0.304. The molecule has 1 unspecified atom stereocenters. The standard InChI is InChI=1S/C23H25NO5/c1-15(2)29-13-7-12-24-20(17-10-6-11-18(25)14-17)19(22(27)23(24)28)21(26)16-8-4-3-5-9-16/h3-6,8-11,14-15,20,25-26H,7,12-13H2,1-2H3/b21-19-. The van der Waals surface area contributed by atoms with Crippen LogP contribution in [-0.4, -0.2) is 46.1 Å². The van der Waals surface area contributed by atoms with E-state index in [4.69, 9.17) is 4.74 Å². The van der Waals surface area contributed by atoms with Crippen LogP contribution in [0.1, 0.15) is 37.4 Å². The average Bonchev–Trinajstić information content (AvgIpc) is 2.96. The number of carbonyl (C=O) groups excluding carboxylic acids is 2. The Balaban J connectivity index is 2.02. The third-order valence-electron chi connectivity index (χ3n) is 4.77. The number of likely N-dealkylation sites (tertiary alicyclic amines) is 1. The molecule has 2 N–H and O–H groups in total. The SMILES string of the molecule is CC(C)OCCCN1C(=O)C(=O)/C(=C(\O)c2ccccc2)C1c1cccc(O)c1. The van der Waals surface area contributed by atoms with Gasteiger partial charge < -0.3 is 19.8 Å². The number of amides is 1. The number of Topliss-reactive ketones (excluding diaryl/α,β-unsaturated/α-hetero) is 1. The Bertz CT molecular complexity index is 920.